The molecule has 0 saturated carbocycles. The molecule has 2 saturated heterocycles. The predicted octanol–water partition coefficient (Wildman–Crippen LogP) is 3.04. The van der Waals surface area contributed by atoms with Crippen molar-refractivity contribution in [3.63, 3.8) is 0 Å². The van der Waals surface area contributed by atoms with Gasteiger partial charge in [-0.1, -0.05) is 77.8 Å². The van der Waals surface area contributed by atoms with Crippen LogP contribution >= 0.6 is 7.37 Å². The van der Waals surface area contributed by atoms with Crippen LogP contribution in [-0.2, 0) is 54.0 Å². The maximum absolute atomic E-state index is 14.8. The van der Waals surface area contributed by atoms with Gasteiger partial charge < -0.3 is 39.5 Å². The number of ether oxygens (including phenoxy) is 2. The Hall–Kier alpha value is -4.56. The Morgan fingerprint density at radius 1 is 0.875 bits per heavy atom. The van der Waals surface area contributed by atoms with Crippen molar-refractivity contribution >= 4 is 48.8 Å². The number of likely N-dealkylation sites (N-methyl/N-ethyl adjacent to an activating group) is 1. The molecule has 0 radical (unpaired) electrons. The van der Waals surface area contributed by atoms with Crippen molar-refractivity contribution in [3.05, 3.63) is 48.0 Å². The summed E-state index contributed by atoms with van der Waals surface area (Å²) in [5.74, 6) is -5.47. The number of carboxylic acid groups (broad SMARTS) is 1. The van der Waals surface area contributed by atoms with E-state index in [1.165, 1.54) is 31.3 Å². The summed E-state index contributed by atoms with van der Waals surface area (Å²) in [6, 6.07) is 7.08. The van der Waals surface area contributed by atoms with Crippen LogP contribution in [-0.4, -0.2) is 204 Å². The minimum atomic E-state index is -4.42. The SMILES string of the molecule is CC[C@H](C)[C@@H]([C@@H](CC(=O)N1CCC[C@H]1[C@H](OC)[C@@H](C)C(=O)N[C@@H](Cc1ccccc1)P(=O)(O)CC(=O)O)OC)N(C)C(=O)[C@@H](NC(N(C)C)N1CCN(C(=O)CCCCCN2C(=O)C=CC2=O)CC1)C(C)C. The zero-order chi connectivity index (χ0) is 53.4. The number of rotatable bonds is 29. The van der Waals surface area contributed by atoms with Crippen LogP contribution in [0.25, 0.3) is 0 Å². The second kappa shape index (κ2) is 28.2. The van der Waals surface area contributed by atoms with Crippen molar-refractivity contribution in [2.75, 3.05) is 80.8 Å². The molecule has 3 heterocycles. The summed E-state index contributed by atoms with van der Waals surface area (Å²) < 4.78 is 25.4. The van der Waals surface area contributed by atoms with E-state index in [2.05, 4.69) is 15.5 Å². The maximum atomic E-state index is 14.8. The number of hydrogen-bond acceptors (Lipinski definition) is 13. The Balaban J connectivity index is 1.41. The number of likely N-dealkylation sites (tertiary alicyclic amines) is 1. The molecule has 10 atom stereocenters. The standard InChI is InChI=1S/C51H83N8O12P/c1-11-35(4)47(55(8)50(67)46(34(2)3)53-51(54(6)7)57-29-27-56(28-30-57)41(60)22-16-13-17-25-59-42(61)23-24-43(59)62)39(70-9)32-44(63)58-26-18-21-38(58)48(71-10)36(5)49(66)52-40(72(68,69)33-45(64)65)31-37-19-14-12-15-20-37/h12,14-15,19-20,23-24,34-36,38-40,46-48,51,53H,11,13,16-18,21-22,25-33H2,1-10H3,(H,52,66)(H,64,65)(H,68,69)/t35-,36+,38-,39+,40+,46-,47-,48+,51?/m0/s1. The molecule has 21 heteroatoms. The van der Waals surface area contributed by atoms with Crippen molar-refractivity contribution in [2.24, 2.45) is 17.8 Å². The summed E-state index contributed by atoms with van der Waals surface area (Å²) in [5.41, 5.74) is 0.643. The van der Waals surface area contributed by atoms with Crippen molar-refractivity contribution in [1.29, 1.82) is 0 Å². The van der Waals surface area contributed by atoms with Crippen molar-refractivity contribution in [2.45, 2.75) is 135 Å². The first-order valence-electron chi connectivity index (χ1n) is 25.5. The van der Waals surface area contributed by atoms with Gasteiger partial charge in [0.25, 0.3) is 11.8 Å². The van der Waals surface area contributed by atoms with Crippen molar-refractivity contribution in [1.82, 2.24) is 40.0 Å². The van der Waals surface area contributed by atoms with E-state index in [0.717, 1.165) is 6.42 Å². The number of methoxy groups -OCH3 is 2. The highest BCUT2D eigenvalue weighted by Gasteiger charge is 2.44. The third-order valence-electron chi connectivity index (χ3n) is 14.6. The summed E-state index contributed by atoms with van der Waals surface area (Å²) in [4.78, 5) is 113. The normalized spacial score (nSPS) is 20.7. The first-order valence-corrected chi connectivity index (χ1v) is 27.4. The molecule has 4 N–H and O–H groups in total. The molecule has 4 rings (SSSR count). The number of piperazine rings is 1. The zero-order valence-electron chi connectivity index (χ0n) is 44.2. The summed E-state index contributed by atoms with van der Waals surface area (Å²) in [5, 5.41) is 15.7. The van der Waals surface area contributed by atoms with Crippen molar-refractivity contribution in [3.8, 4) is 0 Å². The summed E-state index contributed by atoms with van der Waals surface area (Å²) in [7, 11) is 4.22. The quantitative estimate of drug-likeness (QED) is 0.0391. The van der Waals surface area contributed by atoms with Gasteiger partial charge in [-0.15, -0.1) is 0 Å². The van der Waals surface area contributed by atoms with Crippen molar-refractivity contribution < 1.29 is 57.6 Å². The monoisotopic (exact) mass is 1030 g/mol. The topological polar surface area (TPSA) is 239 Å². The molecule has 1 aromatic rings. The van der Waals surface area contributed by atoms with Gasteiger partial charge in [-0.25, -0.2) is 0 Å². The lowest BCUT2D eigenvalue weighted by atomic mass is 9.89. The van der Waals surface area contributed by atoms with E-state index in [4.69, 9.17) is 9.47 Å². The van der Waals surface area contributed by atoms with E-state index in [9.17, 15) is 48.1 Å². The van der Waals surface area contributed by atoms with Crippen LogP contribution in [0.1, 0.15) is 91.5 Å². The van der Waals surface area contributed by atoms with E-state index in [-0.39, 0.29) is 60.5 Å². The lowest BCUT2D eigenvalue weighted by Gasteiger charge is -2.45. The van der Waals surface area contributed by atoms with Gasteiger partial charge >= 0.3 is 5.97 Å². The van der Waals surface area contributed by atoms with Gasteiger partial charge in [0.05, 0.1) is 42.7 Å². The van der Waals surface area contributed by atoms with Crippen LogP contribution in [0.15, 0.2) is 42.5 Å². The largest absolute Gasteiger partial charge is 0.481 e. The minimum Gasteiger partial charge on any atom is -0.481 e. The summed E-state index contributed by atoms with van der Waals surface area (Å²) >= 11 is 0. The lowest BCUT2D eigenvalue weighted by molar-refractivity contribution is -0.148. The van der Waals surface area contributed by atoms with Gasteiger partial charge in [0.2, 0.25) is 31.0 Å². The maximum Gasteiger partial charge on any atom is 0.313 e. The van der Waals surface area contributed by atoms with Crippen LogP contribution in [0, 0.1) is 17.8 Å². The van der Waals surface area contributed by atoms with Crippen LogP contribution < -0.4 is 10.6 Å². The second-order valence-corrected chi connectivity index (χ2v) is 22.7. The smallest absolute Gasteiger partial charge is 0.313 e. The highest BCUT2D eigenvalue weighted by molar-refractivity contribution is 7.59. The van der Waals surface area contributed by atoms with Gasteiger partial charge in [0.1, 0.15) is 18.2 Å². The Morgan fingerprint density at radius 2 is 1.51 bits per heavy atom. The number of aliphatic carboxylic acids is 1. The molecule has 0 spiro atoms. The number of carbonyl (C=O) groups excluding carboxylic acids is 6. The van der Waals surface area contributed by atoms with Crippen LogP contribution in [0.3, 0.4) is 0 Å². The van der Waals surface area contributed by atoms with E-state index >= 15 is 0 Å². The number of hydrogen-bond donors (Lipinski definition) is 4. The lowest BCUT2D eigenvalue weighted by Crippen LogP contribution is -2.65. The molecular weight excluding hydrogens is 948 g/mol. The molecule has 0 bridgehead atoms. The Labute approximate surface area is 426 Å². The molecule has 2 unspecified atom stereocenters. The van der Waals surface area contributed by atoms with Crippen LogP contribution in [0.2, 0.25) is 0 Å². The first-order chi connectivity index (χ1) is 34.1. The molecule has 6 amide bonds. The predicted molar refractivity (Wildman–Crippen MR) is 272 cm³/mol. The number of benzene rings is 1. The number of nitrogens with one attached hydrogen (secondary N) is 2. The summed E-state index contributed by atoms with van der Waals surface area (Å²) in [6.45, 7) is 12.6. The molecule has 0 aliphatic carbocycles. The summed E-state index contributed by atoms with van der Waals surface area (Å²) in [6.07, 6.45) is 3.83. The number of carbonyl (C=O) groups is 7. The average Bonchev–Trinajstić information content (AvgIpc) is 3.96. The third kappa shape index (κ3) is 16.2. The molecule has 404 valence electrons. The molecule has 20 nitrogen and oxygen atoms in total. The molecule has 72 heavy (non-hydrogen) atoms. The van der Waals surface area contributed by atoms with Gasteiger partial charge in [0, 0.05) is 85.5 Å². The highest BCUT2D eigenvalue weighted by Crippen LogP contribution is 2.46. The van der Waals surface area contributed by atoms with Crippen LogP contribution in [0.5, 0.6) is 0 Å². The molecule has 0 aromatic heterocycles. The van der Waals surface area contributed by atoms with Gasteiger partial charge in [-0.3, -0.25) is 58.1 Å². The third-order valence-corrected chi connectivity index (χ3v) is 16.6. The molecule has 2 fully saturated rings. The number of carboxylic acids is 1. The van der Waals surface area contributed by atoms with Crippen LogP contribution in [0.4, 0.5) is 0 Å². The fourth-order valence-corrected chi connectivity index (χ4v) is 11.7. The fraction of sp³-hybridized carbons (Fsp3) is 0.706. The van der Waals surface area contributed by atoms with E-state index in [1.807, 2.05) is 51.6 Å². The molecule has 1 aromatic carbocycles. The Kier molecular flexibility index (Phi) is 23.5. The van der Waals surface area contributed by atoms with Gasteiger partial charge in [0.15, 0.2) is 0 Å². The van der Waals surface area contributed by atoms with Gasteiger partial charge in [-0.2, -0.15) is 0 Å². The average molecular weight is 1030 g/mol. The minimum absolute atomic E-state index is 0.0555. The van der Waals surface area contributed by atoms with E-state index < -0.39 is 67.4 Å². The zero-order valence-corrected chi connectivity index (χ0v) is 45.1. The second-order valence-electron chi connectivity index (χ2n) is 20.2. The first kappa shape index (κ1) is 60.0. The number of imide groups is 1. The molecule has 3 aliphatic heterocycles. The fourth-order valence-electron chi connectivity index (χ4n) is 10.3. The highest BCUT2D eigenvalue weighted by atomic mass is 31.2. The Morgan fingerprint density at radius 3 is 2.07 bits per heavy atom. The van der Waals surface area contributed by atoms with Gasteiger partial charge in [-0.05, 0) is 57.2 Å². The Bertz CT molecular complexity index is 2050. The number of amides is 6. The molecule has 3 aliphatic rings. The number of unbranched alkanes of at least 4 members (excludes halogenated alkanes) is 2. The van der Waals surface area contributed by atoms with E-state index in [1.54, 1.807) is 54.1 Å². The molecular formula is C51H83N8O12P. The number of nitrogens with zero attached hydrogens (tertiary/aromatic N) is 6. The van der Waals surface area contributed by atoms with E-state index in [0.29, 0.717) is 83.4 Å².